The summed E-state index contributed by atoms with van der Waals surface area (Å²) in [6, 6.07) is 2.75. The summed E-state index contributed by atoms with van der Waals surface area (Å²) >= 11 is 0. The first-order valence-corrected chi connectivity index (χ1v) is 4.81. The summed E-state index contributed by atoms with van der Waals surface area (Å²) in [6.07, 6.45) is -4.83. The molecule has 1 N–H and O–H groups in total. The van der Waals surface area contributed by atoms with Gasteiger partial charge in [0.05, 0.1) is 7.11 Å². The molecule has 96 valence electrons. The standard InChI is InChI=1S/C11H7F4NO2/c1-18-10(17)8-4-5-7(16-8)3-2-6(12)9(5)11(13,14)15/h2-4,16H,1H3. The number of hydrogen-bond acceptors (Lipinski definition) is 2. The zero-order valence-electron chi connectivity index (χ0n) is 9.06. The molecular weight excluding hydrogens is 254 g/mol. The highest BCUT2D eigenvalue weighted by Crippen LogP contribution is 2.37. The molecule has 0 radical (unpaired) electrons. The summed E-state index contributed by atoms with van der Waals surface area (Å²) in [4.78, 5) is 13.6. The molecule has 0 amide bonds. The minimum Gasteiger partial charge on any atom is -0.464 e. The molecule has 1 heterocycles. The van der Waals surface area contributed by atoms with Crippen molar-refractivity contribution in [1.29, 1.82) is 0 Å². The lowest BCUT2D eigenvalue weighted by molar-refractivity contribution is -0.138. The number of fused-ring (bicyclic) bond motifs is 1. The Morgan fingerprint density at radius 1 is 1.33 bits per heavy atom. The second kappa shape index (κ2) is 4.01. The van der Waals surface area contributed by atoms with Crippen LogP contribution in [0.1, 0.15) is 16.1 Å². The van der Waals surface area contributed by atoms with Crippen LogP contribution in [0.4, 0.5) is 17.6 Å². The third-order valence-electron chi connectivity index (χ3n) is 2.44. The first-order chi connectivity index (χ1) is 8.34. The summed E-state index contributed by atoms with van der Waals surface area (Å²) in [6.45, 7) is 0. The van der Waals surface area contributed by atoms with Gasteiger partial charge in [0.25, 0.3) is 0 Å². The average molecular weight is 261 g/mol. The third-order valence-corrected chi connectivity index (χ3v) is 2.44. The van der Waals surface area contributed by atoms with Gasteiger partial charge >= 0.3 is 12.1 Å². The summed E-state index contributed by atoms with van der Waals surface area (Å²) < 4.78 is 55.7. The largest absolute Gasteiger partial charge is 0.464 e. The summed E-state index contributed by atoms with van der Waals surface area (Å²) in [5, 5.41) is -0.400. The van der Waals surface area contributed by atoms with E-state index in [1.54, 1.807) is 0 Å². The van der Waals surface area contributed by atoms with E-state index in [0.717, 1.165) is 19.2 Å². The van der Waals surface area contributed by atoms with Gasteiger partial charge in [0.2, 0.25) is 0 Å². The van der Waals surface area contributed by atoms with Crippen LogP contribution < -0.4 is 0 Å². The van der Waals surface area contributed by atoms with Crippen molar-refractivity contribution >= 4 is 16.9 Å². The summed E-state index contributed by atoms with van der Waals surface area (Å²) in [5.41, 5.74) is -1.54. The van der Waals surface area contributed by atoms with E-state index in [1.807, 2.05) is 0 Å². The van der Waals surface area contributed by atoms with Gasteiger partial charge in [0.15, 0.2) is 0 Å². The Bertz CT molecular complexity index is 615. The van der Waals surface area contributed by atoms with Crippen molar-refractivity contribution in [3.63, 3.8) is 0 Å². The number of halogens is 4. The van der Waals surface area contributed by atoms with Gasteiger partial charge in [-0.15, -0.1) is 0 Å². The molecule has 0 bridgehead atoms. The molecule has 1 aromatic carbocycles. The molecule has 2 rings (SSSR count). The van der Waals surface area contributed by atoms with Crippen molar-refractivity contribution < 1.29 is 27.1 Å². The number of rotatable bonds is 1. The maximum Gasteiger partial charge on any atom is 0.419 e. The number of nitrogens with one attached hydrogen (secondary N) is 1. The lowest BCUT2D eigenvalue weighted by Gasteiger charge is -2.08. The molecule has 18 heavy (non-hydrogen) atoms. The van der Waals surface area contributed by atoms with E-state index in [-0.39, 0.29) is 11.2 Å². The maximum atomic E-state index is 13.3. The van der Waals surface area contributed by atoms with Crippen LogP contribution in [0.15, 0.2) is 18.2 Å². The van der Waals surface area contributed by atoms with E-state index >= 15 is 0 Å². The van der Waals surface area contributed by atoms with Crippen molar-refractivity contribution in [1.82, 2.24) is 4.98 Å². The van der Waals surface area contributed by atoms with Crippen LogP contribution in [0.2, 0.25) is 0 Å². The average Bonchev–Trinajstić information content (AvgIpc) is 2.69. The molecule has 7 heteroatoms. The zero-order valence-corrected chi connectivity index (χ0v) is 9.06. The van der Waals surface area contributed by atoms with Gasteiger partial charge in [-0.05, 0) is 18.2 Å². The van der Waals surface area contributed by atoms with Gasteiger partial charge in [-0.25, -0.2) is 9.18 Å². The SMILES string of the molecule is COC(=O)c1cc2c(C(F)(F)F)c(F)ccc2[nH]1. The Morgan fingerprint density at radius 2 is 2.00 bits per heavy atom. The zero-order chi connectivity index (χ0) is 13.5. The van der Waals surface area contributed by atoms with E-state index < -0.39 is 28.9 Å². The number of carbonyl (C=O) groups is 1. The molecule has 0 aliphatic carbocycles. The minimum absolute atomic E-state index is 0.0177. The number of benzene rings is 1. The smallest absolute Gasteiger partial charge is 0.419 e. The lowest BCUT2D eigenvalue weighted by Crippen LogP contribution is -2.08. The Kier molecular flexibility index (Phi) is 2.76. The Morgan fingerprint density at radius 3 is 2.56 bits per heavy atom. The lowest BCUT2D eigenvalue weighted by atomic mass is 10.1. The second-order valence-electron chi connectivity index (χ2n) is 3.56. The van der Waals surface area contributed by atoms with Gasteiger partial charge in [-0.1, -0.05) is 0 Å². The molecule has 0 saturated carbocycles. The number of aromatic nitrogens is 1. The highest BCUT2D eigenvalue weighted by molar-refractivity contribution is 5.96. The predicted octanol–water partition coefficient (Wildman–Crippen LogP) is 3.11. The number of H-pyrrole nitrogens is 1. The number of aromatic amines is 1. The number of carbonyl (C=O) groups excluding carboxylic acids is 1. The van der Waals surface area contributed by atoms with Crippen molar-refractivity contribution in [2.45, 2.75) is 6.18 Å². The summed E-state index contributed by atoms with van der Waals surface area (Å²) in [5.74, 6) is -2.20. The number of hydrogen-bond donors (Lipinski definition) is 1. The molecule has 0 unspecified atom stereocenters. The fraction of sp³-hybridized carbons (Fsp3) is 0.182. The molecule has 0 spiro atoms. The van der Waals surface area contributed by atoms with E-state index in [1.165, 1.54) is 0 Å². The van der Waals surface area contributed by atoms with E-state index in [0.29, 0.717) is 6.07 Å². The molecule has 2 aromatic rings. The van der Waals surface area contributed by atoms with Crippen LogP contribution in [-0.4, -0.2) is 18.1 Å². The molecule has 0 fully saturated rings. The van der Waals surface area contributed by atoms with Crippen LogP contribution in [0, 0.1) is 5.82 Å². The third kappa shape index (κ3) is 1.92. The van der Waals surface area contributed by atoms with E-state index in [2.05, 4.69) is 9.72 Å². The van der Waals surface area contributed by atoms with Gasteiger partial charge in [-0.2, -0.15) is 13.2 Å². The topological polar surface area (TPSA) is 42.1 Å². The van der Waals surface area contributed by atoms with Crippen LogP contribution in [-0.2, 0) is 10.9 Å². The molecule has 0 saturated heterocycles. The maximum absolute atomic E-state index is 13.3. The molecule has 3 nitrogen and oxygen atoms in total. The van der Waals surface area contributed by atoms with Crippen LogP contribution in [0.5, 0.6) is 0 Å². The van der Waals surface area contributed by atoms with Crippen LogP contribution in [0.3, 0.4) is 0 Å². The van der Waals surface area contributed by atoms with E-state index in [9.17, 15) is 22.4 Å². The van der Waals surface area contributed by atoms with Gasteiger partial charge in [0.1, 0.15) is 17.1 Å². The quantitative estimate of drug-likeness (QED) is 0.633. The van der Waals surface area contributed by atoms with Crippen LogP contribution in [0.25, 0.3) is 10.9 Å². The summed E-state index contributed by atoms with van der Waals surface area (Å²) in [7, 11) is 1.10. The van der Waals surface area contributed by atoms with E-state index in [4.69, 9.17) is 0 Å². The number of ether oxygens (including phenoxy) is 1. The molecule has 0 atom stereocenters. The normalized spacial score (nSPS) is 11.8. The van der Waals surface area contributed by atoms with Crippen LogP contribution >= 0.6 is 0 Å². The fourth-order valence-corrected chi connectivity index (χ4v) is 1.69. The predicted molar refractivity (Wildman–Crippen MR) is 54.6 cm³/mol. The Hall–Kier alpha value is -2.05. The molecular formula is C11H7F4NO2. The molecule has 0 aliphatic heterocycles. The minimum atomic E-state index is -4.83. The first kappa shape index (κ1) is 12.4. The Labute approximate surface area is 98.4 Å². The van der Waals surface area contributed by atoms with Crippen molar-refractivity contribution in [2.75, 3.05) is 7.11 Å². The number of methoxy groups -OCH3 is 1. The van der Waals surface area contributed by atoms with Crippen molar-refractivity contribution in [2.24, 2.45) is 0 Å². The number of esters is 1. The monoisotopic (exact) mass is 261 g/mol. The van der Waals surface area contributed by atoms with Crippen molar-refractivity contribution in [3.05, 3.63) is 35.3 Å². The van der Waals surface area contributed by atoms with Gasteiger partial charge in [-0.3, -0.25) is 0 Å². The second-order valence-corrected chi connectivity index (χ2v) is 3.56. The van der Waals surface area contributed by atoms with Gasteiger partial charge < -0.3 is 9.72 Å². The number of alkyl halides is 3. The highest BCUT2D eigenvalue weighted by Gasteiger charge is 2.36. The Balaban J connectivity index is 2.73. The van der Waals surface area contributed by atoms with Crippen molar-refractivity contribution in [3.8, 4) is 0 Å². The van der Waals surface area contributed by atoms with Gasteiger partial charge in [0, 0.05) is 10.9 Å². The first-order valence-electron chi connectivity index (χ1n) is 4.81. The fourth-order valence-electron chi connectivity index (χ4n) is 1.69. The highest BCUT2D eigenvalue weighted by atomic mass is 19.4. The molecule has 1 aromatic heterocycles. The molecule has 0 aliphatic rings.